The zero-order valence-corrected chi connectivity index (χ0v) is 12.9. The molecule has 1 fully saturated rings. The number of hydrogen-bond donors (Lipinski definition) is 2. The quantitative estimate of drug-likeness (QED) is 0.863. The number of carbonyl (C=O) groups excluding carboxylic acids is 1. The maximum Gasteiger partial charge on any atom is 0.272 e. The molecule has 8 heteroatoms. The SMILES string of the molecule is Cc1ccc(NC(=O)C2COCCN2)cc1OCC(F)F.Cl. The third-order valence-electron chi connectivity index (χ3n) is 3.06. The first-order chi connectivity index (χ1) is 10.1. The fourth-order valence-electron chi connectivity index (χ4n) is 1.95. The summed E-state index contributed by atoms with van der Waals surface area (Å²) in [6, 6.07) is 4.54. The van der Waals surface area contributed by atoms with Crippen molar-refractivity contribution in [2.75, 3.05) is 31.7 Å². The Balaban J connectivity index is 0.00000242. The molecule has 1 unspecified atom stereocenters. The average Bonchev–Trinajstić information content (AvgIpc) is 2.48. The molecule has 2 N–H and O–H groups in total. The van der Waals surface area contributed by atoms with E-state index in [0.29, 0.717) is 31.2 Å². The van der Waals surface area contributed by atoms with Crippen LogP contribution in [0.4, 0.5) is 14.5 Å². The Morgan fingerprint density at radius 3 is 2.95 bits per heavy atom. The number of ether oxygens (including phenoxy) is 2. The molecule has 0 aromatic heterocycles. The van der Waals surface area contributed by atoms with E-state index in [-0.39, 0.29) is 18.3 Å². The predicted octanol–water partition coefficient (Wildman–Crippen LogP) is 1.99. The van der Waals surface area contributed by atoms with Gasteiger partial charge in [-0.3, -0.25) is 4.79 Å². The fourth-order valence-corrected chi connectivity index (χ4v) is 1.95. The van der Waals surface area contributed by atoms with E-state index in [0.717, 1.165) is 5.56 Å². The van der Waals surface area contributed by atoms with Crippen molar-refractivity contribution < 1.29 is 23.0 Å². The Morgan fingerprint density at radius 1 is 1.55 bits per heavy atom. The molecule has 1 aliphatic heterocycles. The Kier molecular flexibility index (Phi) is 7.50. The number of rotatable bonds is 5. The molecule has 0 bridgehead atoms. The van der Waals surface area contributed by atoms with Crippen LogP contribution in [0.5, 0.6) is 5.75 Å². The van der Waals surface area contributed by atoms with E-state index in [1.165, 1.54) is 0 Å². The summed E-state index contributed by atoms with van der Waals surface area (Å²) < 4.78 is 34.6. The van der Waals surface area contributed by atoms with Gasteiger partial charge in [0.1, 0.15) is 18.4 Å². The van der Waals surface area contributed by atoms with Crippen molar-refractivity contribution >= 4 is 24.0 Å². The Bertz CT molecular complexity index is 497. The summed E-state index contributed by atoms with van der Waals surface area (Å²) in [6.07, 6.45) is -2.54. The summed E-state index contributed by atoms with van der Waals surface area (Å²) in [5.74, 6) is 0.110. The largest absolute Gasteiger partial charge is 0.487 e. The summed E-state index contributed by atoms with van der Waals surface area (Å²) in [7, 11) is 0. The van der Waals surface area contributed by atoms with Crippen LogP contribution in [0, 0.1) is 6.92 Å². The van der Waals surface area contributed by atoms with Gasteiger partial charge in [0.2, 0.25) is 5.91 Å². The topological polar surface area (TPSA) is 59.6 Å². The van der Waals surface area contributed by atoms with Gasteiger partial charge in [-0.05, 0) is 18.6 Å². The van der Waals surface area contributed by atoms with Gasteiger partial charge in [0.05, 0.1) is 13.2 Å². The van der Waals surface area contributed by atoms with Crippen molar-refractivity contribution in [2.45, 2.75) is 19.4 Å². The van der Waals surface area contributed by atoms with Crippen LogP contribution in [0.2, 0.25) is 0 Å². The van der Waals surface area contributed by atoms with Crippen molar-refractivity contribution in [3.8, 4) is 5.75 Å². The molecule has 22 heavy (non-hydrogen) atoms. The summed E-state index contributed by atoms with van der Waals surface area (Å²) in [6.45, 7) is 2.60. The first kappa shape index (κ1) is 18.6. The van der Waals surface area contributed by atoms with Crippen LogP contribution in [-0.4, -0.2) is 44.7 Å². The molecule has 1 atom stereocenters. The number of carbonyl (C=O) groups is 1. The summed E-state index contributed by atoms with van der Waals surface area (Å²) >= 11 is 0. The van der Waals surface area contributed by atoms with Gasteiger partial charge in [0, 0.05) is 18.3 Å². The Morgan fingerprint density at radius 2 is 2.32 bits per heavy atom. The number of aryl methyl sites for hydroxylation is 1. The zero-order valence-electron chi connectivity index (χ0n) is 12.1. The molecule has 1 aliphatic rings. The van der Waals surface area contributed by atoms with Crippen LogP contribution in [0.3, 0.4) is 0 Å². The molecular weight excluding hydrogens is 318 g/mol. The standard InChI is InChI=1S/C14H18F2N2O3.ClH/c1-9-2-3-10(6-12(9)21-8-13(15)16)18-14(19)11-7-20-5-4-17-11;/h2-3,6,11,13,17H,4-5,7-8H2,1H3,(H,18,19);1H. The minimum absolute atomic E-state index is 0. The first-order valence-corrected chi connectivity index (χ1v) is 6.70. The highest BCUT2D eigenvalue weighted by Gasteiger charge is 2.21. The molecule has 1 aromatic carbocycles. The van der Waals surface area contributed by atoms with E-state index >= 15 is 0 Å². The summed E-state index contributed by atoms with van der Waals surface area (Å²) in [5.41, 5.74) is 1.23. The van der Waals surface area contributed by atoms with Crippen LogP contribution in [0.25, 0.3) is 0 Å². The van der Waals surface area contributed by atoms with Gasteiger partial charge >= 0.3 is 0 Å². The van der Waals surface area contributed by atoms with Crippen molar-refractivity contribution in [1.29, 1.82) is 0 Å². The second-order valence-electron chi connectivity index (χ2n) is 4.75. The van der Waals surface area contributed by atoms with Crippen molar-refractivity contribution in [3.05, 3.63) is 23.8 Å². The van der Waals surface area contributed by atoms with E-state index in [9.17, 15) is 13.6 Å². The van der Waals surface area contributed by atoms with Crippen LogP contribution < -0.4 is 15.4 Å². The highest BCUT2D eigenvalue weighted by molar-refractivity contribution is 5.95. The lowest BCUT2D eigenvalue weighted by atomic mass is 10.2. The monoisotopic (exact) mass is 336 g/mol. The van der Waals surface area contributed by atoms with Crippen molar-refractivity contribution in [3.63, 3.8) is 0 Å². The minimum Gasteiger partial charge on any atom is -0.487 e. The number of halogens is 3. The van der Waals surface area contributed by atoms with E-state index in [1.807, 2.05) is 0 Å². The van der Waals surface area contributed by atoms with Crippen LogP contribution in [0.15, 0.2) is 18.2 Å². The number of nitrogens with one attached hydrogen (secondary N) is 2. The van der Waals surface area contributed by atoms with Gasteiger partial charge in [0.15, 0.2) is 0 Å². The molecule has 2 rings (SSSR count). The third kappa shape index (κ3) is 5.40. The molecule has 1 aromatic rings. The zero-order chi connectivity index (χ0) is 15.2. The number of anilines is 1. The van der Waals surface area contributed by atoms with E-state index in [2.05, 4.69) is 10.6 Å². The molecule has 124 valence electrons. The molecule has 5 nitrogen and oxygen atoms in total. The average molecular weight is 337 g/mol. The Labute approximate surface area is 133 Å². The molecular formula is C14H19ClF2N2O3. The van der Waals surface area contributed by atoms with Crippen LogP contribution in [-0.2, 0) is 9.53 Å². The smallest absolute Gasteiger partial charge is 0.272 e. The van der Waals surface area contributed by atoms with Crippen LogP contribution in [0.1, 0.15) is 5.56 Å². The Hall–Kier alpha value is -1.44. The highest BCUT2D eigenvalue weighted by Crippen LogP contribution is 2.23. The molecule has 0 aliphatic carbocycles. The molecule has 0 saturated carbocycles. The first-order valence-electron chi connectivity index (χ1n) is 6.70. The van der Waals surface area contributed by atoms with Gasteiger partial charge in [-0.25, -0.2) is 8.78 Å². The minimum atomic E-state index is -2.54. The van der Waals surface area contributed by atoms with E-state index in [1.54, 1.807) is 25.1 Å². The fraction of sp³-hybridized carbons (Fsp3) is 0.500. The normalized spacial score (nSPS) is 17.7. The lowest BCUT2D eigenvalue weighted by Crippen LogP contribution is -2.48. The highest BCUT2D eigenvalue weighted by atomic mass is 35.5. The van der Waals surface area contributed by atoms with E-state index in [4.69, 9.17) is 9.47 Å². The maximum absolute atomic E-state index is 12.2. The molecule has 1 amide bonds. The van der Waals surface area contributed by atoms with Gasteiger partial charge in [0.25, 0.3) is 6.43 Å². The summed E-state index contributed by atoms with van der Waals surface area (Å²) in [5, 5.41) is 5.76. The second kappa shape index (κ2) is 8.87. The number of hydrogen-bond acceptors (Lipinski definition) is 4. The predicted molar refractivity (Wildman–Crippen MR) is 81.2 cm³/mol. The van der Waals surface area contributed by atoms with Gasteiger partial charge < -0.3 is 20.1 Å². The second-order valence-corrected chi connectivity index (χ2v) is 4.75. The molecule has 1 heterocycles. The molecule has 0 spiro atoms. The lowest BCUT2D eigenvalue weighted by Gasteiger charge is -2.23. The van der Waals surface area contributed by atoms with Crippen LogP contribution >= 0.6 is 12.4 Å². The summed E-state index contributed by atoms with van der Waals surface area (Å²) in [4.78, 5) is 12.0. The molecule has 0 radical (unpaired) electrons. The van der Waals surface area contributed by atoms with Crippen molar-refractivity contribution in [2.24, 2.45) is 0 Å². The number of amides is 1. The number of alkyl halides is 2. The molecule has 1 saturated heterocycles. The number of benzene rings is 1. The number of morpholine rings is 1. The third-order valence-corrected chi connectivity index (χ3v) is 3.06. The maximum atomic E-state index is 12.2. The van der Waals surface area contributed by atoms with Crippen molar-refractivity contribution in [1.82, 2.24) is 5.32 Å². The van der Waals surface area contributed by atoms with Gasteiger partial charge in [-0.2, -0.15) is 0 Å². The van der Waals surface area contributed by atoms with E-state index < -0.39 is 19.1 Å². The lowest BCUT2D eigenvalue weighted by molar-refractivity contribution is -0.120. The van der Waals surface area contributed by atoms with Gasteiger partial charge in [-0.1, -0.05) is 6.07 Å². The van der Waals surface area contributed by atoms with Gasteiger partial charge in [-0.15, -0.1) is 12.4 Å².